The van der Waals surface area contributed by atoms with E-state index in [0.29, 0.717) is 12.5 Å². The molecule has 1 amide bonds. The number of methoxy groups -OCH3 is 2. The molecule has 0 aromatic heterocycles. The van der Waals surface area contributed by atoms with Crippen molar-refractivity contribution < 1.29 is 14.3 Å². The minimum absolute atomic E-state index is 0.164. The van der Waals surface area contributed by atoms with E-state index in [1.165, 1.54) is 5.57 Å². The average Bonchev–Trinajstić information content (AvgIpc) is 3.36. The number of nitrogens with zero attached hydrogens (tertiary/aromatic N) is 1. The molecule has 0 bridgehead atoms. The lowest BCUT2D eigenvalue weighted by Crippen LogP contribution is -2.40. The summed E-state index contributed by atoms with van der Waals surface area (Å²) in [5.74, 6) is 0.744. The van der Waals surface area contributed by atoms with Crippen LogP contribution in [0.4, 0.5) is 5.69 Å². The summed E-state index contributed by atoms with van der Waals surface area (Å²) in [6.07, 6.45) is 5.47. The van der Waals surface area contributed by atoms with Crippen LogP contribution in [-0.2, 0) is 19.7 Å². The fourth-order valence-corrected chi connectivity index (χ4v) is 4.64. The Balaban J connectivity index is 1.68. The summed E-state index contributed by atoms with van der Waals surface area (Å²) in [4.78, 5) is 15.3. The quantitative estimate of drug-likeness (QED) is 0.732. The molecule has 0 N–H and O–H groups in total. The summed E-state index contributed by atoms with van der Waals surface area (Å²) in [6, 6.07) is 8.12. The van der Waals surface area contributed by atoms with E-state index in [9.17, 15) is 4.79 Å². The molecule has 1 aliphatic heterocycles. The third-order valence-electron chi connectivity index (χ3n) is 6.04. The highest BCUT2D eigenvalue weighted by Gasteiger charge is 2.67. The summed E-state index contributed by atoms with van der Waals surface area (Å²) in [5, 5.41) is 0.895. The fourth-order valence-electron chi connectivity index (χ4n) is 4.50. The Kier molecular flexibility index (Phi) is 4.46. The Hall–Kier alpha value is -1.62. The van der Waals surface area contributed by atoms with Crippen LogP contribution in [0, 0.1) is 11.8 Å². The highest BCUT2D eigenvalue weighted by Crippen LogP contribution is 2.65. The van der Waals surface area contributed by atoms with Gasteiger partial charge in [-0.1, -0.05) is 48.4 Å². The van der Waals surface area contributed by atoms with Crippen molar-refractivity contribution in [2.45, 2.75) is 31.5 Å². The summed E-state index contributed by atoms with van der Waals surface area (Å²) in [5.41, 5.74) is 3.03. The molecule has 3 unspecified atom stereocenters. The van der Waals surface area contributed by atoms with E-state index in [4.69, 9.17) is 21.1 Å². The molecule has 4 nitrogen and oxygen atoms in total. The Bertz CT molecular complexity index is 798. The van der Waals surface area contributed by atoms with Crippen molar-refractivity contribution in [3.05, 3.63) is 52.6 Å². The normalized spacial score (nSPS) is 29.9. The molecule has 3 aliphatic rings. The maximum Gasteiger partial charge on any atom is 0.238 e. The maximum absolute atomic E-state index is 13.5. The van der Waals surface area contributed by atoms with Crippen LogP contribution in [0.1, 0.15) is 25.3 Å². The Labute approximate surface area is 159 Å². The Morgan fingerprint density at radius 3 is 2.69 bits per heavy atom. The zero-order valence-corrected chi connectivity index (χ0v) is 16.1. The number of benzene rings is 1. The van der Waals surface area contributed by atoms with E-state index >= 15 is 0 Å². The fraction of sp³-hybridized carbons (Fsp3) is 0.476. The molecule has 1 fully saturated rings. The van der Waals surface area contributed by atoms with Gasteiger partial charge in [-0.25, -0.2) is 0 Å². The van der Waals surface area contributed by atoms with Gasteiger partial charge in [0.2, 0.25) is 5.91 Å². The summed E-state index contributed by atoms with van der Waals surface area (Å²) in [7, 11) is 3.20. The molecule has 1 aromatic rings. The average molecular weight is 374 g/mol. The van der Waals surface area contributed by atoms with Gasteiger partial charge in [-0.3, -0.25) is 4.79 Å². The van der Waals surface area contributed by atoms with Crippen LogP contribution in [0.5, 0.6) is 0 Å². The zero-order valence-electron chi connectivity index (χ0n) is 15.4. The lowest BCUT2D eigenvalue weighted by molar-refractivity contribution is -0.124. The molecule has 138 valence electrons. The number of allylic oxidation sites excluding steroid dienone is 4. The molecule has 1 heterocycles. The van der Waals surface area contributed by atoms with Crippen molar-refractivity contribution in [3.8, 4) is 0 Å². The van der Waals surface area contributed by atoms with E-state index in [0.717, 1.165) is 29.1 Å². The highest BCUT2D eigenvalue weighted by atomic mass is 35.5. The third-order valence-corrected chi connectivity index (χ3v) is 6.54. The molecule has 0 radical (unpaired) electrons. The van der Waals surface area contributed by atoms with Crippen LogP contribution in [-0.4, -0.2) is 33.0 Å². The second-order valence-electron chi connectivity index (χ2n) is 7.46. The second kappa shape index (κ2) is 6.52. The number of amides is 1. The van der Waals surface area contributed by atoms with Crippen molar-refractivity contribution in [2.24, 2.45) is 11.8 Å². The molecular weight excluding hydrogens is 350 g/mol. The predicted molar refractivity (Wildman–Crippen MR) is 102 cm³/mol. The van der Waals surface area contributed by atoms with Gasteiger partial charge in [0.15, 0.2) is 6.29 Å². The monoisotopic (exact) mass is 373 g/mol. The first kappa shape index (κ1) is 17.8. The van der Waals surface area contributed by atoms with Crippen LogP contribution in [0.25, 0.3) is 0 Å². The van der Waals surface area contributed by atoms with Crippen molar-refractivity contribution in [3.63, 3.8) is 0 Å². The van der Waals surface area contributed by atoms with Crippen molar-refractivity contribution in [2.75, 3.05) is 25.7 Å². The standard InChI is InChI=1S/C21H24ClNO3/c1-13-10-14(8-9-17(13)22)16-11-21(16)15-6-4-5-7-18(15)23(20(21)24)12-19(25-2)26-3/h4-9,13,16,19H,10-12H2,1-3H3. The van der Waals surface area contributed by atoms with Crippen LogP contribution < -0.4 is 4.90 Å². The number of halogens is 1. The third kappa shape index (κ3) is 2.55. The topological polar surface area (TPSA) is 38.8 Å². The molecule has 4 rings (SSSR count). The number of para-hydroxylation sites is 1. The number of hydrogen-bond donors (Lipinski definition) is 0. The van der Waals surface area contributed by atoms with Crippen molar-refractivity contribution in [1.82, 2.24) is 0 Å². The van der Waals surface area contributed by atoms with E-state index in [1.54, 1.807) is 14.2 Å². The van der Waals surface area contributed by atoms with Crippen LogP contribution in [0.2, 0.25) is 0 Å². The number of hydrogen-bond acceptors (Lipinski definition) is 3. The van der Waals surface area contributed by atoms with Gasteiger partial charge < -0.3 is 14.4 Å². The van der Waals surface area contributed by atoms with Gasteiger partial charge in [0.1, 0.15) is 0 Å². The van der Waals surface area contributed by atoms with Gasteiger partial charge >= 0.3 is 0 Å². The lowest BCUT2D eigenvalue weighted by atomic mass is 9.86. The number of fused-ring (bicyclic) bond motifs is 2. The second-order valence-corrected chi connectivity index (χ2v) is 7.90. The number of anilines is 1. The van der Waals surface area contributed by atoms with Gasteiger partial charge in [-0.15, -0.1) is 0 Å². The summed E-state index contributed by atoms with van der Waals surface area (Å²) in [6.45, 7) is 2.54. The Morgan fingerprint density at radius 1 is 1.27 bits per heavy atom. The first-order valence-electron chi connectivity index (χ1n) is 9.06. The maximum atomic E-state index is 13.5. The van der Waals surface area contributed by atoms with Crippen molar-refractivity contribution in [1.29, 1.82) is 0 Å². The number of ether oxygens (including phenoxy) is 2. The molecule has 1 spiro atoms. The number of carbonyl (C=O) groups excluding carboxylic acids is 1. The van der Waals surface area contributed by atoms with Gasteiger partial charge in [0, 0.05) is 30.9 Å². The SMILES string of the molecule is COC(CN1C(=O)C2(CC2C2=CC=C(Cl)C(C)C2)c2ccccc21)OC. The minimum Gasteiger partial charge on any atom is -0.354 e. The molecule has 1 saturated carbocycles. The molecule has 5 heteroatoms. The smallest absolute Gasteiger partial charge is 0.238 e. The van der Waals surface area contributed by atoms with Gasteiger partial charge in [-0.05, 0) is 36.5 Å². The summed E-state index contributed by atoms with van der Waals surface area (Å²) < 4.78 is 10.7. The van der Waals surface area contributed by atoms with Crippen LogP contribution in [0.15, 0.2) is 47.0 Å². The van der Waals surface area contributed by atoms with Crippen LogP contribution >= 0.6 is 11.6 Å². The molecule has 26 heavy (non-hydrogen) atoms. The molecular formula is C21H24ClNO3. The minimum atomic E-state index is -0.435. The number of rotatable bonds is 5. The molecule has 3 atom stereocenters. The highest BCUT2D eigenvalue weighted by molar-refractivity contribution is 6.30. The van der Waals surface area contributed by atoms with Gasteiger partial charge in [-0.2, -0.15) is 0 Å². The molecule has 1 aromatic carbocycles. The van der Waals surface area contributed by atoms with Crippen molar-refractivity contribution >= 4 is 23.2 Å². The van der Waals surface area contributed by atoms with E-state index in [2.05, 4.69) is 19.1 Å². The van der Waals surface area contributed by atoms with Crippen LogP contribution in [0.3, 0.4) is 0 Å². The summed E-state index contributed by atoms with van der Waals surface area (Å²) >= 11 is 6.24. The first-order chi connectivity index (χ1) is 12.5. The molecule has 0 saturated heterocycles. The Morgan fingerprint density at radius 2 is 2.00 bits per heavy atom. The predicted octanol–water partition coefficient (Wildman–Crippen LogP) is 4.00. The zero-order chi connectivity index (χ0) is 18.5. The van der Waals surface area contributed by atoms with E-state index in [-0.39, 0.29) is 11.8 Å². The first-order valence-corrected chi connectivity index (χ1v) is 9.44. The largest absolute Gasteiger partial charge is 0.354 e. The van der Waals surface area contributed by atoms with E-state index in [1.807, 2.05) is 29.2 Å². The molecule has 2 aliphatic carbocycles. The van der Waals surface area contributed by atoms with E-state index < -0.39 is 11.7 Å². The van der Waals surface area contributed by atoms with Gasteiger partial charge in [0.05, 0.1) is 12.0 Å². The lowest BCUT2D eigenvalue weighted by Gasteiger charge is -2.23. The van der Waals surface area contributed by atoms with Gasteiger partial charge in [0.25, 0.3) is 0 Å². The number of carbonyl (C=O) groups is 1.